The molecule has 0 atom stereocenters. The van der Waals surface area contributed by atoms with E-state index in [1.165, 1.54) is 0 Å². The SMILES string of the molecule is CC(CS(=O)(=O)Nc1ccccc1)CS(=O)(=O)Nc1ccccc1. The summed E-state index contributed by atoms with van der Waals surface area (Å²) in [5.74, 6) is -1.12. The summed E-state index contributed by atoms with van der Waals surface area (Å²) in [5, 5.41) is 0. The van der Waals surface area contributed by atoms with Crippen LogP contribution in [0.2, 0.25) is 0 Å². The molecule has 0 aliphatic carbocycles. The molecule has 8 heteroatoms. The van der Waals surface area contributed by atoms with Crippen molar-refractivity contribution in [2.75, 3.05) is 20.9 Å². The van der Waals surface area contributed by atoms with E-state index in [2.05, 4.69) is 9.44 Å². The van der Waals surface area contributed by atoms with Crippen molar-refractivity contribution in [2.24, 2.45) is 5.92 Å². The lowest BCUT2D eigenvalue weighted by atomic mass is 10.3. The van der Waals surface area contributed by atoms with E-state index in [1.807, 2.05) is 0 Å². The van der Waals surface area contributed by atoms with Gasteiger partial charge < -0.3 is 0 Å². The fourth-order valence-electron chi connectivity index (χ4n) is 2.25. The minimum Gasteiger partial charge on any atom is -0.284 e. The highest BCUT2D eigenvalue weighted by Crippen LogP contribution is 2.14. The lowest BCUT2D eigenvalue weighted by Gasteiger charge is -2.15. The Morgan fingerprint density at radius 3 is 1.38 bits per heavy atom. The quantitative estimate of drug-likeness (QED) is 0.749. The summed E-state index contributed by atoms with van der Waals surface area (Å²) in [6.45, 7) is 1.59. The van der Waals surface area contributed by atoms with Gasteiger partial charge in [-0.15, -0.1) is 0 Å². The van der Waals surface area contributed by atoms with Crippen LogP contribution in [-0.2, 0) is 20.0 Å². The first kappa shape index (κ1) is 18.3. The normalized spacial score (nSPS) is 12.1. The van der Waals surface area contributed by atoms with Gasteiger partial charge in [0.15, 0.2) is 0 Å². The van der Waals surface area contributed by atoms with Gasteiger partial charge in [0.05, 0.1) is 11.5 Å². The topological polar surface area (TPSA) is 92.3 Å². The minimum absolute atomic E-state index is 0.280. The molecular weight excluding hydrogens is 348 g/mol. The van der Waals surface area contributed by atoms with E-state index in [0.29, 0.717) is 11.4 Å². The largest absolute Gasteiger partial charge is 0.284 e. The Hall–Kier alpha value is -2.06. The summed E-state index contributed by atoms with van der Waals surface area (Å²) >= 11 is 0. The minimum atomic E-state index is -3.62. The second kappa shape index (κ2) is 7.67. The third-order valence-corrected chi connectivity index (χ3v) is 6.21. The molecule has 2 aromatic rings. The molecule has 6 nitrogen and oxygen atoms in total. The molecule has 0 aliphatic rings. The molecule has 0 fully saturated rings. The first-order valence-electron chi connectivity index (χ1n) is 7.37. The van der Waals surface area contributed by atoms with Crippen LogP contribution in [0.15, 0.2) is 60.7 Å². The van der Waals surface area contributed by atoms with Crippen molar-refractivity contribution in [1.29, 1.82) is 0 Å². The van der Waals surface area contributed by atoms with Crippen LogP contribution in [0.3, 0.4) is 0 Å². The average molecular weight is 368 g/mol. The molecule has 2 aromatic carbocycles. The summed E-state index contributed by atoms with van der Waals surface area (Å²) in [7, 11) is -7.24. The van der Waals surface area contributed by atoms with Crippen molar-refractivity contribution in [1.82, 2.24) is 0 Å². The van der Waals surface area contributed by atoms with Gasteiger partial charge in [-0.1, -0.05) is 43.3 Å². The lowest BCUT2D eigenvalue weighted by Crippen LogP contribution is -2.28. The molecule has 2 rings (SSSR count). The fraction of sp³-hybridized carbons (Fsp3) is 0.250. The molecule has 0 spiro atoms. The van der Waals surface area contributed by atoms with Crippen molar-refractivity contribution < 1.29 is 16.8 Å². The molecule has 0 aromatic heterocycles. The van der Waals surface area contributed by atoms with E-state index in [0.717, 1.165) is 0 Å². The van der Waals surface area contributed by atoms with Crippen molar-refractivity contribution in [3.05, 3.63) is 60.7 Å². The fourth-order valence-corrected chi connectivity index (χ4v) is 5.29. The molecule has 0 heterocycles. The number of rotatable bonds is 8. The second-order valence-electron chi connectivity index (χ2n) is 5.60. The van der Waals surface area contributed by atoms with Gasteiger partial charge in [0.1, 0.15) is 0 Å². The van der Waals surface area contributed by atoms with Crippen LogP contribution >= 0.6 is 0 Å². The number of hydrogen-bond acceptors (Lipinski definition) is 4. The molecule has 2 N–H and O–H groups in total. The summed E-state index contributed by atoms with van der Waals surface area (Å²) in [6.07, 6.45) is 0. The first-order chi connectivity index (χ1) is 11.3. The molecule has 24 heavy (non-hydrogen) atoms. The Morgan fingerprint density at radius 2 is 1.04 bits per heavy atom. The predicted octanol–water partition coefficient (Wildman–Crippen LogP) is 2.51. The number of sulfonamides is 2. The van der Waals surface area contributed by atoms with Gasteiger partial charge in [-0.25, -0.2) is 16.8 Å². The van der Waals surface area contributed by atoms with Gasteiger partial charge in [0, 0.05) is 11.4 Å². The van der Waals surface area contributed by atoms with Crippen molar-refractivity contribution >= 4 is 31.4 Å². The Bertz CT molecular complexity index is 778. The van der Waals surface area contributed by atoms with E-state index in [9.17, 15) is 16.8 Å². The average Bonchev–Trinajstić information content (AvgIpc) is 2.46. The van der Waals surface area contributed by atoms with E-state index < -0.39 is 26.0 Å². The van der Waals surface area contributed by atoms with Gasteiger partial charge >= 0.3 is 0 Å². The highest BCUT2D eigenvalue weighted by Gasteiger charge is 2.21. The summed E-state index contributed by atoms with van der Waals surface area (Å²) in [6, 6.07) is 17.0. The third-order valence-electron chi connectivity index (χ3n) is 3.10. The number of hydrogen-bond donors (Lipinski definition) is 2. The van der Waals surface area contributed by atoms with Gasteiger partial charge in [-0.05, 0) is 30.2 Å². The number of nitrogens with one attached hydrogen (secondary N) is 2. The molecule has 0 saturated carbocycles. The summed E-state index contributed by atoms with van der Waals surface area (Å²) in [4.78, 5) is 0. The third kappa shape index (κ3) is 6.21. The van der Waals surface area contributed by atoms with Crippen LogP contribution < -0.4 is 9.44 Å². The zero-order valence-corrected chi connectivity index (χ0v) is 14.8. The van der Waals surface area contributed by atoms with Crippen LogP contribution in [-0.4, -0.2) is 28.3 Å². The maximum Gasteiger partial charge on any atom is 0.233 e. The Morgan fingerprint density at radius 1 is 0.708 bits per heavy atom. The zero-order chi connectivity index (χ0) is 17.6. The molecule has 0 unspecified atom stereocenters. The molecule has 0 saturated heterocycles. The van der Waals surface area contributed by atoms with Crippen LogP contribution in [0, 0.1) is 5.92 Å². The molecule has 0 bridgehead atoms. The maximum atomic E-state index is 12.1. The van der Waals surface area contributed by atoms with E-state index >= 15 is 0 Å². The maximum absolute atomic E-state index is 12.1. The number of anilines is 2. The van der Waals surface area contributed by atoms with E-state index in [4.69, 9.17) is 0 Å². The van der Waals surface area contributed by atoms with Crippen LogP contribution in [0.25, 0.3) is 0 Å². The molecule has 0 amide bonds. The standard InChI is InChI=1S/C16H20N2O4S2/c1-14(12-23(19,20)17-15-8-4-2-5-9-15)13-24(21,22)18-16-10-6-3-7-11-16/h2-11,14,17-18H,12-13H2,1H3. The summed E-state index contributed by atoms with van der Waals surface area (Å²) < 4.78 is 53.4. The van der Waals surface area contributed by atoms with Crippen LogP contribution in [0.5, 0.6) is 0 Å². The van der Waals surface area contributed by atoms with Crippen molar-refractivity contribution in [3.8, 4) is 0 Å². The monoisotopic (exact) mass is 368 g/mol. The number of para-hydroxylation sites is 2. The first-order valence-corrected chi connectivity index (χ1v) is 10.7. The van der Waals surface area contributed by atoms with Gasteiger partial charge in [0.2, 0.25) is 20.0 Å². The Balaban J connectivity index is 1.95. The second-order valence-corrected chi connectivity index (χ2v) is 9.14. The van der Waals surface area contributed by atoms with Gasteiger partial charge in [-0.2, -0.15) is 0 Å². The summed E-state index contributed by atoms with van der Waals surface area (Å²) in [5.41, 5.74) is 0.907. The van der Waals surface area contributed by atoms with Crippen LogP contribution in [0.4, 0.5) is 11.4 Å². The smallest absolute Gasteiger partial charge is 0.233 e. The number of benzene rings is 2. The molecular formula is C16H20N2O4S2. The zero-order valence-electron chi connectivity index (χ0n) is 13.2. The molecule has 130 valence electrons. The lowest BCUT2D eigenvalue weighted by molar-refractivity contribution is 0.575. The van der Waals surface area contributed by atoms with Crippen molar-refractivity contribution in [2.45, 2.75) is 6.92 Å². The Kier molecular flexibility index (Phi) is 5.84. The molecule has 0 radical (unpaired) electrons. The van der Waals surface area contributed by atoms with E-state index in [-0.39, 0.29) is 11.5 Å². The van der Waals surface area contributed by atoms with Gasteiger partial charge in [0.25, 0.3) is 0 Å². The highest BCUT2D eigenvalue weighted by atomic mass is 32.2. The molecule has 0 aliphatic heterocycles. The Labute approximate surface area is 143 Å². The highest BCUT2D eigenvalue weighted by molar-refractivity contribution is 7.93. The van der Waals surface area contributed by atoms with Crippen molar-refractivity contribution in [3.63, 3.8) is 0 Å². The van der Waals surface area contributed by atoms with Crippen LogP contribution in [0.1, 0.15) is 6.92 Å². The van der Waals surface area contributed by atoms with E-state index in [1.54, 1.807) is 67.6 Å². The van der Waals surface area contributed by atoms with Gasteiger partial charge in [-0.3, -0.25) is 9.44 Å². The predicted molar refractivity (Wildman–Crippen MR) is 96.9 cm³/mol.